The maximum absolute atomic E-state index is 12.2. The molecule has 1 N–H and O–H groups in total. The lowest BCUT2D eigenvalue weighted by atomic mass is 9.87. The lowest BCUT2D eigenvalue weighted by molar-refractivity contribution is 0.0922. The largest absolute Gasteiger partial charge is 0.349 e. The molecule has 98 valence electrons. The Hall–Kier alpha value is -1.31. The number of aryl methyl sites for hydroxylation is 2. The van der Waals surface area contributed by atoms with E-state index in [2.05, 4.69) is 25.2 Å². The van der Waals surface area contributed by atoms with Crippen LogP contribution in [-0.4, -0.2) is 11.9 Å². The summed E-state index contributed by atoms with van der Waals surface area (Å²) in [4.78, 5) is 12.2. The second-order valence-electron chi connectivity index (χ2n) is 5.75. The first kappa shape index (κ1) is 13.1. The lowest BCUT2D eigenvalue weighted by Crippen LogP contribution is -2.37. The van der Waals surface area contributed by atoms with Gasteiger partial charge in [-0.3, -0.25) is 4.79 Å². The van der Waals surface area contributed by atoms with Crippen LogP contribution in [-0.2, 0) is 0 Å². The minimum Gasteiger partial charge on any atom is -0.349 e. The van der Waals surface area contributed by atoms with Gasteiger partial charge in [-0.25, -0.2) is 0 Å². The maximum Gasteiger partial charge on any atom is 0.251 e. The van der Waals surface area contributed by atoms with Crippen LogP contribution >= 0.6 is 0 Å². The molecule has 0 aromatic heterocycles. The first-order valence-electron chi connectivity index (χ1n) is 6.94. The van der Waals surface area contributed by atoms with Gasteiger partial charge in [0, 0.05) is 11.6 Å². The van der Waals surface area contributed by atoms with Gasteiger partial charge in [-0.2, -0.15) is 0 Å². The van der Waals surface area contributed by atoms with Gasteiger partial charge in [-0.1, -0.05) is 24.6 Å². The normalized spacial score (nSPS) is 23.7. The summed E-state index contributed by atoms with van der Waals surface area (Å²) in [5.41, 5.74) is 3.09. The molecule has 0 atom stereocenters. The number of benzene rings is 1. The highest BCUT2D eigenvalue weighted by Gasteiger charge is 2.20. The van der Waals surface area contributed by atoms with Crippen LogP contribution in [0, 0.1) is 19.8 Å². The van der Waals surface area contributed by atoms with E-state index in [0.29, 0.717) is 6.04 Å². The number of carbonyl (C=O) groups is 1. The molecule has 1 fully saturated rings. The average Bonchev–Trinajstić information content (AvgIpc) is 2.32. The molecular formula is C16H23NO. The highest BCUT2D eigenvalue weighted by atomic mass is 16.1. The predicted molar refractivity (Wildman–Crippen MR) is 74.8 cm³/mol. The molecule has 1 aliphatic rings. The van der Waals surface area contributed by atoms with E-state index in [0.717, 1.165) is 29.9 Å². The van der Waals surface area contributed by atoms with Crippen LogP contribution in [0.25, 0.3) is 0 Å². The summed E-state index contributed by atoms with van der Waals surface area (Å²) in [6, 6.07) is 6.38. The summed E-state index contributed by atoms with van der Waals surface area (Å²) in [6.45, 7) is 6.35. The smallest absolute Gasteiger partial charge is 0.251 e. The van der Waals surface area contributed by atoms with Crippen molar-refractivity contribution in [2.75, 3.05) is 0 Å². The second kappa shape index (κ2) is 5.55. The number of amides is 1. The number of rotatable bonds is 2. The van der Waals surface area contributed by atoms with E-state index in [4.69, 9.17) is 0 Å². The van der Waals surface area contributed by atoms with Gasteiger partial charge in [0.25, 0.3) is 5.91 Å². The minimum atomic E-state index is 0.0899. The van der Waals surface area contributed by atoms with E-state index in [1.807, 2.05) is 19.1 Å². The quantitative estimate of drug-likeness (QED) is 0.847. The monoisotopic (exact) mass is 245 g/mol. The van der Waals surface area contributed by atoms with Crippen LogP contribution < -0.4 is 5.32 Å². The zero-order chi connectivity index (χ0) is 13.1. The van der Waals surface area contributed by atoms with E-state index in [9.17, 15) is 4.79 Å². The first-order valence-corrected chi connectivity index (χ1v) is 6.94. The van der Waals surface area contributed by atoms with Gasteiger partial charge in [-0.05, 0) is 57.1 Å². The molecule has 2 heteroatoms. The molecule has 0 unspecified atom stereocenters. The minimum absolute atomic E-state index is 0.0899. The molecule has 1 aliphatic carbocycles. The van der Waals surface area contributed by atoms with Crippen LogP contribution in [0.15, 0.2) is 18.2 Å². The molecular weight excluding hydrogens is 222 g/mol. The van der Waals surface area contributed by atoms with Gasteiger partial charge in [-0.15, -0.1) is 0 Å². The molecule has 0 aliphatic heterocycles. The Balaban J connectivity index is 1.99. The highest BCUT2D eigenvalue weighted by molar-refractivity contribution is 5.95. The average molecular weight is 245 g/mol. The van der Waals surface area contributed by atoms with Crippen molar-refractivity contribution in [1.29, 1.82) is 0 Å². The molecule has 2 rings (SSSR count). The zero-order valence-corrected chi connectivity index (χ0v) is 11.6. The summed E-state index contributed by atoms with van der Waals surface area (Å²) in [5, 5.41) is 3.18. The molecule has 0 spiro atoms. The van der Waals surface area contributed by atoms with Crippen LogP contribution in [0.5, 0.6) is 0 Å². The summed E-state index contributed by atoms with van der Waals surface area (Å²) >= 11 is 0. The van der Waals surface area contributed by atoms with Crippen molar-refractivity contribution >= 4 is 5.91 Å². The predicted octanol–water partition coefficient (Wildman–Crippen LogP) is 3.61. The van der Waals surface area contributed by atoms with Crippen LogP contribution in [0.2, 0.25) is 0 Å². The van der Waals surface area contributed by atoms with Crippen LogP contribution in [0.3, 0.4) is 0 Å². The van der Waals surface area contributed by atoms with Gasteiger partial charge in [0.05, 0.1) is 0 Å². The molecule has 1 aromatic carbocycles. The molecule has 0 radical (unpaired) electrons. The van der Waals surface area contributed by atoms with E-state index in [1.165, 1.54) is 18.4 Å². The van der Waals surface area contributed by atoms with Crippen LogP contribution in [0.1, 0.15) is 54.1 Å². The summed E-state index contributed by atoms with van der Waals surface area (Å²) in [5.74, 6) is 0.909. The number of hydrogen-bond acceptors (Lipinski definition) is 1. The Kier molecular flexibility index (Phi) is 4.05. The van der Waals surface area contributed by atoms with Gasteiger partial charge in [0.1, 0.15) is 0 Å². The molecule has 0 bridgehead atoms. The summed E-state index contributed by atoms with van der Waals surface area (Å²) in [7, 11) is 0. The molecule has 0 heterocycles. The molecule has 1 aromatic rings. The zero-order valence-electron chi connectivity index (χ0n) is 11.6. The third-order valence-electron chi connectivity index (χ3n) is 3.98. The van der Waals surface area contributed by atoms with Crippen molar-refractivity contribution in [1.82, 2.24) is 5.32 Å². The molecule has 2 nitrogen and oxygen atoms in total. The Morgan fingerprint density at radius 3 is 2.44 bits per heavy atom. The fourth-order valence-electron chi connectivity index (χ4n) is 2.74. The lowest BCUT2D eigenvalue weighted by Gasteiger charge is -2.27. The second-order valence-corrected chi connectivity index (χ2v) is 5.75. The first-order chi connectivity index (χ1) is 8.56. The van der Waals surface area contributed by atoms with Crippen molar-refractivity contribution in [3.63, 3.8) is 0 Å². The van der Waals surface area contributed by atoms with Gasteiger partial charge < -0.3 is 5.32 Å². The Morgan fingerprint density at radius 1 is 1.17 bits per heavy atom. The number of carbonyl (C=O) groups excluding carboxylic acids is 1. The van der Waals surface area contributed by atoms with Gasteiger partial charge in [0.15, 0.2) is 0 Å². The Labute approximate surface area is 110 Å². The highest BCUT2D eigenvalue weighted by Crippen LogP contribution is 2.23. The van der Waals surface area contributed by atoms with Crippen LogP contribution in [0.4, 0.5) is 0 Å². The summed E-state index contributed by atoms with van der Waals surface area (Å²) < 4.78 is 0. The third-order valence-corrected chi connectivity index (χ3v) is 3.98. The Morgan fingerprint density at radius 2 is 1.83 bits per heavy atom. The molecule has 1 saturated carbocycles. The maximum atomic E-state index is 12.2. The van der Waals surface area contributed by atoms with Crippen molar-refractivity contribution in [2.24, 2.45) is 5.92 Å². The number of hydrogen-bond donors (Lipinski definition) is 1. The van der Waals surface area contributed by atoms with Gasteiger partial charge in [0.2, 0.25) is 0 Å². The van der Waals surface area contributed by atoms with Gasteiger partial charge >= 0.3 is 0 Å². The van der Waals surface area contributed by atoms with Crippen molar-refractivity contribution in [2.45, 2.75) is 52.5 Å². The van der Waals surface area contributed by atoms with E-state index in [1.54, 1.807) is 0 Å². The molecule has 1 amide bonds. The number of nitrogens with one attached hydrogen (secondary N) is 1. The fourth-order valence-corrected chi connectivity index (χ4v) is 2.74. The van der Waals surface area contributed by atoms with E-state index >= 15 is 0 Å². The SMILES string of the molecule is Cc1ccc(C(=O)NC2CCC(C)CC2)c(C)c1. The fraction of sp³-hybridized carbons (Fsp3) is 0.562. The standard InChI is InChI=1S/C16H23NO/c1-11-4-7-14(8-5-11)17-16(18)15-9-6-12(2)10-13(15)3/h6,9-11,14H,4-5,7-8H2,1-3H3,(H,17,18). The van der Waals surface area contributed by atoms with Crippen molar-refractivity contribution < 1.29 is 4.79 Å². The van der Waals surface area contributed by atoms with Crippen molar-refractivity contribution in [3.8, 4) is 0 Å². The Bertz CT molecular complexity index is 431. The topological polar surface area (TPSA) is 29.1 Å². The summed E-state index contributed by atoms with van der Waals surface area (Å²) in [6.07, 6.45) is 4.71. The molecule has 0 saturated heterocycles. The van der Waals surface area contributed by atoms with Crippen molar-refractivity contribution in [3.05, 3.63) is 34.9 Å². The van der Waals surface area contributed by atoms with E-state index in [-0.39, 0.29) is 5.91 Å². The van der Waals surface area contributed by atoms with E-state index < -0.39 is 0 Å². The molecule has 18 heavy (non-hydrogen) atoms. The third kappa shape index (κ3) is 3.12.